The summed E-state index contributed by atoms with van der Waals surface area (Å²) >= 11 is 1.38. The van der Waals surface area contributed by atoms with Gasteiger partial charge >= 0.3 is 0 Å². The quantitative estimate of drug-likeness (QED) is 0.604. The normalized spacial score (nSPS) is 12.0. The molecule has 1 heterocycles. The SMILES string of the molecule is COc1ccc(OC)c([C@H](C)NC(=O)CSc2nc3ccc(C)cc3[nH]2)c1. The van der Waals surface area contributed by atoms with Crippen LogP contribution < -0.4 is 14.8 Å². The highest BCUT2D eigenvalue weighted by molar-refractivity contribution is 7.99. The number of nitrogens with one attached hydrogen (secondary N) is 2. The van der Waals surface area contributed by atoms with Gasteiger partial charge in [-0.1, -0.05) is 17.8 Å². The van der Waals surface area contributed by atoms with Crippen molar-refractivity contribution in [2.24, 2.45) is 0 Å². The molecule has 0 aliphatic rings. The molecule has 0 fully saturated rings. The standard InChI is InChI=1S/C20H23N3O3S/c1-12-5-7-16-17(9-12)23-20(22-16)27-11-19(24)21-13(2)15-10-14(25-3)6-8-18(15)26-4/h5-10,13H,11H2,1-4H3,(H,21,24)(H,22,23)/t13-/m0/s1. The molecule has 0 radical (unpaired) electrons. The molecule has 7 heteroatoms. The zero-order valence-electron chi connectivity index (χ0n) is 15.8. The smallest absolute Gasteiger partial charge is 0.230 e. The van der Waals surface area contributed by atoms with E-state index < -0.39 is 0 Å². The van der Waals surface area contributed by atoms with E-state index in [4.69, 9.17) is 9.47 Å². The van der Waals surface area contributed by atoms with Crippen LogP contribution in [0.2, 0.25) is 0 Å². The van der Waals surface area contributed by atoms with Crippen molar-refractivity contribution in [3.63, 3.8) is 0 Å². The molecule has 0 saturated carbocycles. The Balaban J connectivity index is 1.63. The molecule has 3 aromatic rings. The Kier molecular flexibility index (Phi) is 5.91. The van der Waals surface area contributed by atoms with Crippen molar-refractivity contribution in [3.8, 4) is 11.5 Å². The number of amides is 1. The summed E-state index contributed by atoms with van der Waals surface area (Å²) in [7, 11) is 3.22. The maximum Gasteiger partial charge on any atom is 0.230 e. The number of fused-ring (bicyclic) bond motifs is 1. The zero-order chi connectivity index (χ0) is 19.4. The summed E-state index contributed by atoms with van der Waals surface area (Å²) in [6, 6.07) is 11.4. The molecule has 2 aromatic carbocycles. The first-order valence-electron chi connectivity index (χ1n) is 8.60. The van der Waals surface area contributed by atoms with E-state index in [0.29, 0.717) is 5.75 Å². The first-order chi connectivity index (χ1) is 13.0. The van der Waals surface area contributed by atoms with Gasteiger partial charge < -0.3 is 19.8 Å². The Morgan fingerprint density at radius 3 is 2.78 bits per heavy atom. The van der Waals surface area contributed by atoms with E-state index in [9.17, 15) is 4.79 Å². The van der Waals surface area contributed by atoms with E-state index in [-0.39, 0.29) is 17.7 Å². The van der Waals surface area contributed by atoms with Crippen LogP contribution in [-0.2, 0) is 4.79 Å². The highest BCUT2D eigenvalue weighted by atomic mass is 32.2. The van der Waals surface area contributed by atoms with Gasteiger partial charge in [0.1, 0.15) is 11.5 Å². The number of benzene rings is 2. The third kappa shape index (κ3) is 4.54. The molecule has 0 saturated heterocycles. The fourth-order valence-corrected chi connectivity index (χ4v) is 3.54. The topological polar surface area (TPSA) is 76.2 Å². The minimum Gasteiger partial charge on any atom is -0.497 e. The second-order valence-corrected chi connectivity index (χ2v) is 7.21. The maximum atomic E-state index is 12.4. The Bertz CT molecular complexity index is 955. The number of nitrogens with zero attached hydrogens (tertiary/aromatic N) is 1. The number of aryl methyl sites for hydroxylation is 1. The number of aromatic amines is 1. The lowest BCUT2D eigenvalue weighted by Crippen LogP contribution is -2.28. The van der Waals surface area contributed by atoms with E-state index in [1.54, 1.807) is 14.2 Å². The second-order valence-electron chi connectivity index (χ2n) is 6.25. The monoisotopic (exact) mass is 385 g/mol. The predicted molar refractivity (Wildman–Crippen MR) is 108 cm³/mol. The van der Waals surface area contributed by atoms with Gasteiger partial charge in [-0.3, -0.25) is 4.79 Å². The number of rotatable bonds is 7. The van der Waals surface area contributed by atoms with Gasteiger partial charge in [-0.2, -0.15) is 0 Å². The summed E-state index contributed by atoms with van der Waals surface area (Å²) < 4.78 is 10.7. The Morgan fingerprint density at radius 2 is 2.04 bits per heavy atom. The second kappa shape index (κ2) is 8.35. The minimum atomic E-state index is -0.207. The zero-order valence-corrected chi connectivity index (χ0v) is 16.6. The van der Waals surface area contributed by atoms with Crippen molar-refractivity contribution in [2.45, 2.75) is 25.0 Å². The Morgan fingerprint density at radius 1 is 1.22 bits per heavy atom. The van der Waals surface area contributed by atoms with Crippen molar-refractivity contribution in [1.82, 2.24) is 15.3 Å². The van der Waals surface area contributed by atoms with Crippen molar-refractivity contribution >= 4 is 28.7 Å². The highest BCUT2D eigenvalue weighted by Gasteiger charge is 2.16. The van der Waals surface area contributed by atoms with Crippen LogP contribution in [-0.4, -0.2) is 35.8 Å². The maximum absolute atomic E-state index is 12.4. The molecule has 1 aromatic heterocycles. The first kappa shape index (κ1) is 19.1. The van der Waals surface area contributed by atoms with E-state index in [0.717, 1.165) is 27.5 Å². The van der Waals surface area contributed by atoms with E-state index in [1.165, 1.54) is 17.3 Å². The summed E-state index contributed by atoms with van der Waals surface area (Å²) in [6.07, 6.45) is 0. The number of methoxy groups -OCH3 is 2. The van der Waals surface area contributed by atoms with Gasteiger partial charge in [0, 0.05) is 5.56 Å². The molecule has 1 amide bonds. The van der Waals surface area contributed by atoms with Crippen molar-refractivity contribution in [3.05, 3.63) is 47.5 Å². The van der Waals surface area contributed by atoms with Gasteiger partial charge in [-0.05, 0) is 49.7 Å². The molecule has 1 atom stereocenters. The molecule has 0 bridgehead atoms. The number of ether oxygens (including phenoxy) is 2. The van der Waals surface area contributed by atoms with Gasteiger partial charge in [0.2, 0.25) is 5.91 Å². The molecule has 0 aliphatic heterocycles. The molecular weight excluding hydrogens is 362 g/mol. The molecule has 6 nitrogen and oxygen atoms in total. The Hall–Kier alpha value is -2.67. The summed E-state index contributed by atoms with van der Waals surface area (Å²) in [5.74, 6) is 1.63. The van der Waals surface area contributed by atoms with Crippen molar-refractivity contribution < 1.29 is 14.3 Å². The van der Waals surface area contributed by atoms with Crippen LogP contribution in [0.25, 0.3) is 11.0 Å². The van der Waals surface area contributed by atoms with Crippen LogP contribution in [0, 0.1) is 6.92 Å². The molecule has 3 rings (SSSR count). The molecule has 2 N–H and O–H groups in total. The van der Waals surface area contributed by atoms with Gasteiger partial charge in [0.15, 0.2) is 5.16 Å². The Labute approximate surface area is 162 Å². The van der Waals surface area contributed by atoms with E-state index in [1.807, 2.05) is 50.2 Å². The van der Waals surface area contributed by atoms with Crippen LogP contribution in [0.4, 0.5) is 0 Å². The molecule has 0 unspecified atom stereocenters. The van der Waals surface area contributed by atoms with Crippen LogP contribution in [0.3, 0.4) is 0 Å². The van der Waals surface area contributed by atoms with Gasteiger partial charge in [-0.15, -0.1) is 0 Å². The highest BCUT2D eigenvalue weighted by Crippen LogP contribution is 2.29. The lowest BCUT2D eigenvalue weighted by molar-refractivity contribution is -0.119. The summed E-state index contributed by atoms with van der Waals surface area (Å²) in [6.45, 7) is 3.96. The minimum absolute atomic E-state index is 0.0750. The average molecular weight is 385 g/mol. The number of H-pyrrole nitrogens is 1. The number of aromatic nitrogens is 2. The largest absolute Gasteiger partial charge is 0.497 e. The van der Waals surface area contributed by atoms with Crippen molar-refractivity contribution in [1.29, 1.82) is 0 Å². The van der Waals surface area contributed by atoms with Crippen LogP contribution >= 0.6 is 11.8 Å². The van der Waals surface area contributed by atoms with Crippen LogP contribution in [0.1, 0.15) is 24.1 Å². The summed E-state index contributed by atoms with van der Waals surface area (Å²) in [5.41, 5.74) is 3.92. The number of carbonyl (C=O) groups excluding carboxylic acids is 1. The van der Waals surface area contributed by atoms with Crippen molar-refractivity contribution in [2.75, 3.05) is 20.0 Å². The molecular formula is C20H23N3O3S. The van der Waals surface area contributed by atoms with Crippen LogP contribution in [0.15, 0.2) is 41.6 Å². The molecule has 142 valence electrons. The fourth-order valence-electron chi connectivity index (χ4n) is 2.84. The van der Waals surface area contributed by atoms with Crippen LogP contribution in [0.5, 0.6) is 11.5 Å². The number of imidazole rings is 1. The van der Waals surface area contributed by atoms with Gasteiger partial charge in [-0.25, -0.2) is 4.98 Å². The summed E-state index contributed by atoms with van der Waals surface area (Å²) in [5, 5.41) is 3.73. The lowest BCUT2D eigenvalue weighted by Gasteiger charge is -2.18. The fraction of sp³-hybridized carbons (Fsp3) is 0.300. The number of thioether (sulfide) groups is 1. The lowest BCUT2D eigenvalue weighted by atomic mass is 10.1. The third-order valence-corrected chi connectivity index (χ3v) is 5.11. The third-order valence-electron chi connectivity index (χ3n) is 4.24. The number of hydrogen-bond donors (Lipinski definition) is 2. The number of hydrogen-bond acceptors (Lipinski definition) is 5. The molecule has 0 spiro atoms. The predicted octanol–water partition coefficient (Wildman–Crippen LogP) is 3.86. The number of carbonyl (C=O) groups is 1. The van der Waals surface area contributed by atoms with E-state index >= 15 is 0 Å². The summed E-state index contributed by atoms with van der Waals surface area (Å²) in [4.78, 5) is 20.1. The van der Waals surface area contributed by atoms with Gasteiger partial charge in [0.05, 0.1) is 37.0 Å². The molecule has 27 heavy (non-hydrogen) atoms. The molecule has 0 aliphatic carbocycles. The average Bonchev–Trinajstić information content (AvgIpc) is 3.07. The first-order valence-corrected chi connectivity index (χ1v) is 9.59. The van der Waals surface area contributed by atoms with Gasteiger partial charge in [0.25, 0.3) is 0 Å². The van der Waals surface area contributed by atoms with E-state index in [2.05, 4.69) is 15.3 Å².